The van der Waals surface area contributed by atoms with Gasteiger partial charge in [0.15, 0.2) is 0 Å². The first-order valence-corrected chi connectivity index (χ1v) is 8.61. The molecule has 126 valence electrons. The average molecular weight is 305 g/mol. The topological polar surface area (TPSA) is 17.1 Å². The van der Waals surface area contributed by atoms with E-state index in [2.05, 4.69) is 45.9 Å². The van der Waals surface area contributed by atoms with Gasteiger partial charge in [-0.3, -0.25) is 4.79 Å². The van der Waals surface area contributed by atoms with E-state index in [9.17, 15) is 4.79 Å². The number of allylic oxidation sites excluding steroid dienone is 6. The molecule has 22 heavy (non-hydrogen) atoms. The van der Waals surface area contributed by atoms with E-state index in [1.54, 1.807) is 0 Å². The van der Waals surface area contributed by atoms with Gasteiger partial charge < -0.3 is 0 Å². The summed E-state index contributed by atoms with van der Waals surface area (Å²) in [5, 5.41) is 0. The summed E-state index contributed by atoms with van der Waals surface area (Å²) in [6.45, 7) is 14.7. The van der Waals surface area contributed by atoms with Crippen LogP contribution in [0.15, 0.2) is 34.9 Å². The summed E-state index contributed by atoms with van der Waals surface area (Å²) in [6, 6.07) is 0. The highest BCUT2D eigenvalue weighted by Crippen LogP contribution is 2.18. The summed E-state index contributed by atoms with van der Waals surface area (Å²) < 4.78 is 0. The molecule has 1 heteroatoms. The van der Waals surface area contributed by atoms with Crippen LogP contribution in [-0.2, 0) is 4.79 Å². The number of hydrogen-bond donors (Lipinski definition) is 0. The largest absolute Gasteiger partial charge is 0.299 e. The van der Waals surface area contributed by atoms with E-state index in [4.69, 9.17) is 0 Å². The fourth-order valence-corrected chi connectivity index (χ4v) is 2.16. The molecule has 0 bridgehead atoms. The molecule has 0 aliphatic heterocycles. The molecule has 0 N–H and O–H groups in total. The molecule has 0 saturated heterocycles. The molecule has 1 nitrogen and oxygen atoms in total. The van der Waals surface area contributed by atoms with Gasteiger partial charge in [-0.15, -0.1) is 0 Å². The van der Waals surface area contributed by atoms with Crippen LogP contribution in [0.4, 0.5) is 0 Å². The van der Waals surface area contributed by atoms with Crippen LogP contribution in [0.3, 0.4) is 0 Å². The highest BCUT2D eigenvalue weighted by Gasteiger charge is 2.19. The zero-order valence-corrected chi connectivity index (χ0v) is 15.9. The van der Waals surface area contributed by atoms with Crippen molar-refractivity contribution in [3.05, 3.63) is 34.9 Å². The highest BCUT2D eigenvalue weighted by atomic mass is 16.1. The van der Waals surface area contributed by atoms with Crippen molar-refractivity contribution >= 4 is 5.78 Å². The summed E-state index contributed by atoms with van der Waals surface area (Å²) >= 11 is 0. The Labute approximate surface area is 138 Å². The van der Waals surface area contributed by atoms with Gasteiger partial charge in [-0.1, -0.05) is 55.7 Å². The molecule has 0 fully saturated rings. The molecule has 0 heterocycles. The van der Waals surface area contributed by atoms with Gasteiger partial charge in [0.25, 0.3) is 0 Å². The van der Waals surface area contributed by atoms with Crippen molar-refractivity contribution in [2.24, 2.45) is 5.41 Å². The summed E-state index contributed by atoms with van der Waals surface area (Å²) in [5.74, 6) is 0.353. The number of carbonyl (C=O) groups is 1. The van der Waals surface area contributed by atoms with Crippen LogP contribution in [0.5, 0.6) is 0 Å². The standard InChI is InChI=1S/C21H36O/c1-17(2)11-8-12-18(3)13-9-14-19(4)15-10-16-20(22)21(5,6)7/h11,13,15H,8-10,12,14,16H2,1-7H3/b18-13+,19-15+. The Bertz CT molecular complexity index is 423. The van der Waals surface area contributed by atoms with Crippen molar-refractivity contribution in [2.75, 3.05) is 0 Å². The molecular weight excluding hydrogens is 268 g/mol. The van der Waals surface area contributed by atoms with Gasteiger partial charge in [-0.05, 0) is 59.8 Å². The van der Waals surface area contributed by atoms with Crippen LogP contribution in [0.2, 0.25) is 0 Å². The molecule has 0 aromatic carbocycles. The van der Waals surface area contributed by atoms with Gasteiger partial charge in [-0.25, -0.2) is 0 Å². The SMILES string of the molecule is CC(C)=CCC/C(C)=C/CC/C(C)=C/CCC(=O)C(C)(C)C. The highest BCUT2D eigenvalue weighted by molar-refractivity contribution is 5.83. The van der Waals surface area contributed by atoms with Crippen LogP contribution in [0.1, 0.15) is 87.0 Å². The van der Waals surface area contributed by atoms with Crippen LogP contribution in [0.25, 0.3) is 0 Å². The van der Waals surface area contributed by atoms with Crippen molar-refractivity contribution < 1.29 is 4.79 Å². The lowest BCUT2D eigenvalue weighted by Gasteiger charge is -2.15. The predicted octanol–water partition coefficient (Wildman–Crippen LogP) is 6.80. The summed E-state index contributed by atoms with van der Waals surface area (Å²) in [5.41, 5.74) is 4.08. The Morgan fingerprint density at radius 2 is 1.14 bits per heavy atom. The number of Topliss-reactive ketones (excluding diaryl/α,β-unsaturated/α-hetero) is 1. The Morgan fingerprint density at radius 1 is 0.727 bits per heavy atom. The normalized spacial score (nSPS) is 13.2. The van der Waals surface area contributed by atoms with E-state index >= 15 is 0 Å². The first-order valence-electron chi connectivity index (χ1n) is 8.61. The molecule has 0 aliphatic rings. The molecule has 0 unspecified atom stereocenters. The Kier molecular flexibility index (Phi) is 10.1. The first-order chi connectivity index (χ1) is 10.1. The fourth-order valence-electron chi connectivity index (χ4n) is 2.16. The molecule has 0 radical (unpaired) electrons. The minimum atomic E-state index is -0.202. The molecule has 0 aromatic heterocycles. The molecular formula is C21H36O. The smallest absolute Gasteiger partial charge is 0.138 e. The lowest BCUT2D eigenvalue weighted by molar-refractivity contribution is -0.126. The van der Waals surface area contributed by atoms with E-state index in [1.165, 1.54) is 16.7 Å². The van der Waals surface area contributed by atoms with Crippen LogP contribution < -0.4 is 0 Å². The molecule has 0 aliphatic carbocycles. The number of carbonyl (C=O) groups excluding carboxylic acids is 1. The van der Waals surface area contributed by atoms with E-state index < -0.39 is 0 Å². The lowest BCUT2D eigenvalue weighted by atomic mass is 9.88. The van der Waals surface area contributed by atoms with Crippen LogP contribution in [0, 0.1) is 5.41 Å². The Morgan fingerprint density at radius 3 is 1.55 bits per heavy atom. The minimum absolute atomic E-state index is 0.202. The zero-order chi connectivity index (χ0) is 17.2. The minimum Gasteiger partial charge on any atom is -0.299 e. The Balaban J connectivity index is 4.02. The summed E-state index contributed by atoms with van der Waals surface area (Å²) in [4.78, 5) is 11.9. The molecule has 0 saturated carbocycles. The van der Waals surface area contributed by atoms with Gasteiger partial charge in [0.2, 0.25) is 0 Å². The summed E-state index contributed by atoms with van der Waals surface area (Å²) in [6.07, 6.45) is 13.0. The molecule has 0 amide bonds. The van der Waals surface area contributed by atoms with Gasteiger partial charge in [0.05, 0.1) is 0 Å². The van der Waals surface area contributed by atoms with Crippen molar-refractivity contribution in [3.63, 3.8) is 0 Å². The maximum Gasteiger partial charge on any atom is 0.138 e. The maximum atomic E-state index is 11.9. The third-order valence-corrected chi connectivity index (χ3v) is 3.82. The maximum absolute atomic E-state index is 11.9. The van der Waals surface area contributed by atoms with Gasteiger partial charge in [0.1, 0.15) is 5.78 Å². The van der Waals surface area contributed by atoms with Gasteiger partial charge >= 0.3 is 0 Å². The number of rotatable bonds is 9. The quantitative estimate of drug-likeness (QED) is 0.428. The predicted molar refractivity (Wildman–Crippen MR) is 99.1 cm³/mol. The number of ketones is 1. The average Bonchev–Trinajstić information content (AvgIpc) is 2.37. The second-order valence-electron chi connectivity index (χ2n) is 7.67. The Hall–Kier alpha value is -1.11. The monoisotopic (exact) mass is 304 g/mol. The van der Waals surface area contributed by atoms with E-state index in [0.29, 0.717) is 12.2 Å². The molecule has 0 aromatic rings. The van der Waals surface area contributed by atoms with Crippen molar-refractivity contribution in [1.82, 2.24) is 0 Å². The van der Waals surface area contributed by atoms with Gasteiger partial charge in [0, 0.05) is 11.8 Å². The number of hydrogen-bond acceptors (Lipinski definition) is 1. The second-order valence-corrected chi connectivity index (χ2v) is 7.67. The third kappa shape index (κ3) is 11.5. The molecule has 0 atom stereocenters. The van der Waals surface area contributed by atoms with E-state index in [0.717, 1.165) is 32.1 Å². The van der Waals surface area contributed by atoms with E-state index in [-0.39, 0.29) is 5.41 Å². The fraction of sp³-hybridized carbons (Fsp3) is 0.667. The van der Waals surface area contributed by atoms with Crippen molar-refractivity contribution in [1.29, 1.82) is 0 Å². The van der Waals surface area contributed by atoms with Crippen LogP contribution >= 0.6 is 0 Å². The molecule has 0 rings (SSSR count). The van der Waals surface area contributed by atoms with Crippen molar-refractivity contribution in [3.8, 4) is 0 Å². The zero-order valence-electron chi connectivity index (χ0n) is 15.9. The first kappa shape index (κ1) is 20.9. The van der Waals surface area contributed by atoms with Gasteiger partial charge in [-0.2, -0.15) is 0 Å². The lowest BCUT2D eigenvalue weighted by Crippen LogP contribution is -2.19. The van der Waals surface area contributed by atoms with Crippen molar-refractivity contribution in [2.45, 2.75) is 87.0 Å². The third-order valence-electron chi connectivity index (χ3n) is 3.82. The molecule has 0 spiro atoms. The summed E-state index contributed by atoms with van der Waals surface area (Å²) in [7, 11) is 0. The van der Waals surface area contributed by atoms with Crippen LogP contribution in [-0.4, -0.2) is 5.78 Å². The second kappa shape index (κ2) is 10.6. The van der Waals surface area contributed by atoms with E-state index in [1.807, 2.05) is 20.8 Å².